The molecule has 1 atom stereocenters. The van der Waals surface area contributed by atoms with Crippen molar-refractivity contribution in [2.75, 3.05) is 0 Å². The number of carbonyl (C=O) groups is 2. The lowest BCUT2D eigenvalue weighted by atomic mass is 10.0. The molecule has 0 bridgehead atoms. The van der Waals surface area contributed by atoms with Gasteiger partial charge in [0.2, 0.25) is 0 Å². The summed E-state index contributed by atoms with van der Waals surface area (Å²) in [7, 11) is 0. The molecule has 1 N–H and O–H groups in total. The predicted molar refractivity (Wildman–Crippen MR) is 137 cm³/mol. The van der Waals surface area contributed by atoms with E-state index in [9.17, 15) is 19.1 Å². The van der Waals surface area contributed by atoms with Gasteiger partial charge >= 0.3 is 5.97 Å². The molecule has 1 aromatic heterocycles. The number of halogens is 4. The molecule has 0 aliphatic rings. The number of carboxylic acid groups (broad SMARTS) is 1. The van der Waals surface area contributed by atoms with E-state index in [1.807, 2.05) is 6.07 Å². The second-order valence-electron chi connectivity index (χ2n) is 8.00. The van der Waals surface area contributed by atoms with Crippen LogP contribution in [0.5, 0.6) is 0 Å². The Balaban J connectivity index is 1.70. The van der Waals surface area contributed by atoms with Gasteiger partial charge in [0.05, 0.1) is 22.2 Å². The maximum absolute atomic E-state index is 13.9. The van der Waals surface area contributed by atoms with E-state index in [1.165, 1.54) is 35.2 Å². The summed E-state index contributed by atoms with van der Waals surface area (Å²) in [6.45, 7) is -0.169. The van der Waals surface area contributed by atoms with Gasteiger partial charge in [-0.1, -0.05) is 65.1 Å². The van der Waals surface area contributed by atoms with Crippen LogP contribution in [0.2, 0.25) is 15.1 Å². The van der Waals surface area contributed by atoms with Crippen LogP contribution in [0.4, 0.5) is 4.39 Å². The molecule has 5 nitrogen and oxygen atoms in total. The third-order valence-electron chi connectivity index (χ3n) is 5.55. The van der Waals surface area contributed by atoms with Crippen molar-refractivity contribution in [3.63, 3.8) is 0 Å². The van der Waals surface area contributed by atoms with Crippen molar-refractivity contribution < 1.29 is 23.5 Å². The van der Waals surface area contributed by atoms with Crippen molar-refractivity contribution in [1.82, 2.24) is 4.90 Å². The van der Waals surface area contributed by atoms with Gasteiger partial charge in [-0.25, -0.2) is 9.18 Å². The van der Waals surface area contributed by atoms with Crippen molar-refractivity contribution in [3.05, 3.63) is 117 Å². The minimum atomic E-state index is -1.23. The molecule has 4 aromatic rings. The first kappa shape index (κ1) is 25.8. The van der Waals surface area contributed by atoms with Gasteiger partial charge in [0.15, 0.2) is 0 Å². The highest BCUT2D eigenvalue weighted by Crippen LogP contribution is 2.29. The van der Waals surface area contributed by atoms with Crippen LogP contribution < -0.4 is 0 Å². The van der Waals surface area contributed by atoms with E-state index in [1.54, 1.807) is 42.5 Å². The molecule has 0 saturated heterocycles. The highest BCUT2D eigenvalue weighted by atomic mass is 35.5. The fourth-order valence-corrected chi connectivity index (χ4v) is 4.35. The minimum absolute atomic E-state index is 0.0210. The molecule has 1 heterocycles. The van der Waals surface area contributed by atoms with Gasteiger partial charge < -0.3 is 14.4 Å². The van der Waals surface area contributed by atoms with Crippen molar-refractivity contribution in [3.8, 4) is 11.3 Å². The fourth-order valence-electron chi connectivity index (χ4n) is 3.74. The highest BCUT2D eigenvalue weighted by Gasteiger charge is 2.32. The summed E-state index contributed by atoms with van der Waals surface area (Å²) in [4.78, 5) is 27.2. The van der Waals surface area contributed by atoms with Crippen LogP contribution in [0.15, 0.2) is 83.3 Å². The van der Waals surface area contributed by atoms with E-state index in [2.05, 4.69) is 0 Å². The quantitative estimate of drug-likeness (QED) is 0.250. The summed E-state index contributed by atoms with van der Waals surface area (Å²) in [5.74, 6) is -1.75. The van der Waals surface area contributed by atoms with Gasteiger partial charge in [-0.15, -0.1) is 0 Å². The maximum atomic E-state index is 13.9. The molecule has 0 saturated carbocycles. The van der Waals surface area contributed by atoms with E-state index in [-0.39, 0.29) is 28.6 Å². The molecule has 0 aliphatic heterocycles. The highest BCUT2D eigenvalue weighted by molar-refractivity contribution is 6.36. The summed E-state index contributed by atoms with van der Waals surface area (Å²) in [5, 5.41) is 10.5. The van der Waals surface area contributed by atoms with Crippen LogP contribution in [0.1, 0.15) is 21.7 Å². The first-order valence-electron chi connectivity index (χ1n) is 10.8. The average molecular weight is 547 g/mol. The number of carbonyl (C=O) groups excluding carboxylic acids is 1. The van der Waals surface area contributed by atoms with Crippen LogP contribution in [-0.4, -0.2) is 27.9 Å². The van der Waals surface area contributed by atoms with E-state index in [4.69, 9.17) is 39.2 Å². The molecule has 184 valence electrons. The Morgan fingerprint density at radius 3 is 2.33 bits per heavy atom. The standard InChI is InChI=1S/C27H19Cl3FNO4/c28-18-7-9-20(22(30)14-18)26(33)32(24(27(34)35)12-16-4-2-1-3-5-16)15-19-8-11-25(36-19)17-6-10-21(29)23(31)13-17/h1-11,13-14,24H,12,15H2,(H,34,35). The molecule has 0 spiro atoms. The van der Waals surface area contributed by atoms with E-state index in [0.29, 0.717) is 22.1 Å². The van der Waals surface area contributed by atoms with Gasteiger partial charge in [-0.2, -0.15) is 0 Å². The van der Waals surface area contributed by atoms with Crippen LogP contribution in [-0.2, 0) is 17.8 Å². The van der Waals surface area contributed by atoms with Gasteiger partial charge in [0, 0.05) is 17.0 Å². The Hall–Kier alpha value is -3.32. The number of aliphatic carboxylic acids is 1. The lowest BCUT2D eigenvalue weighted by Gasteiger charge is -2.29. The molecule has 9 heteroatoms. The van der Waals surface area contributed by atoms with E-state index < -0.39 is 23.7 Å². The van der Waals surface area contributed by atoms with Gasteiger partial charge in [0.25, 0.3) is 5.91 Å². The van der Waals surface area contributed by atoms with Crippen molar-refractivity contribution in [2.24, 2.45) is 0 Å². The Morgan fingerprint density at radius 2 is 1.67 bits per heavy atom. The second-order valence-corrected chi connectivity index (χ2v) is 9.25. The Labute approximate surface area is 221 Å². The van der Waals surface area contributed by atoms with Crippen molar-refractivity contribution >= 4 is 46.7 Å². The number of hydrogen-bond donors (Lipinski definition) is 1. The number of nitrogens with zero attached hydrogens (tertiary/aromatic N) is 1. The topological polar surface area (TPSA) is 70.8 Å². The molecule has 1 unspecified atom stereocenters. The Bertz CT molecular complexity index is 1410. The van der Waals surface area contributed by atoms with Crippen LogP contribution >= 0.6 is 34.8 Å². The molecule has 0 fully saturated rings. The molecule has 4 rings (SSSR count). The number of amides is 1. The Kier molecular flexibility index (Phi) is 7.99. The second kappa shape index (κ2) is 11.2. The molecular formula is C27H19Cl3FNO4. The number of rotatable bonds is 8. The lowest BCUT2D eigenvalue weighted by Crippen LogP contribution is -2.46. The summed E-state index contributed by atoms with van der Waals surface area (Å²) in [5.41, 5.74) is 1.29. The lowest BCUT2D eigenvalue weighted by molar-refractivity contribution is -0.142. The zero-order chi connectivity index (χ0) is 25.8. The largest absolute Gasteiger partial charge is 0.480 e. The summed E-state index contributed by atoms with van der Waals surface area (Å²) >= 11 is 18.0. The molecular weight excluding hydrogens is 528 g/mol. The molecule has 36 heavy (non-hydrogen) atoms. The molecule has 3 aromatic carbocycles. The third kappa shape index (κ3) is 5.90. The Morgan fingerprint density at radius 1 is 0.917 bits per heavy atom. The normalized spacial score (nSPS) is 11.8. The number of benzene rings is 3. The fraction of sp³-hybridized carbons (Fsp3) is 0.111. The number of carboxylic acids is 1. The third-order valence-corrected chi connectivity index (χ3v) is 6.40. The van der Waals surface area contributed by atoms with Crippen LogP contribution in [0, 0.1) is 5.82 Å². The molecule has 0 radical (unpaired) electrons. The van der Waals surface area contributed by atoms with Crippen molar-refractivity contribution in [2.45, 2.75) is 19.0 Å². The molecule has 0 aliphatic carbocycles. The maximum Gasteiger partial charge on any atom is 0.326 e. The van der Waals surface area contributed by atoms with Crippen molar-refractivity contribution in [1.29, 1.82) is 0 Å². The smallest absolute Gasteiger partial charge is 0.326 e. The van der Waals surface area contributed by atoms with Crippen LogP contribution in [0.25, 0.3) is 11.3 Å². The summed E-state index contributed by atoms with van der Waals surface area (Å²) < 4.78 is 19.8. The van der Waals surface area contributed by atoms with Gasteiger partial charge in [-0.3, -0.25) is 4.79 Å². The minimum Gasteiger partial charge on any atom is -0.480 e. The summed E-state index contributed by atoms with van der Waals surface area (Å²) in [6, 6.07) is 19.6. The van der Waals surface area contributed by atoms with Crippen LogP contribution in [0.3, 0.4) is 0 Å². The summed E-state index contributed by atoms with van der Waals surface area (Å²) in [6.07, 6.45) is 0.0586. The molecule has 1 amide bonds. The predicted octanol–water partition coefficient (Wildman–Crippen LogP) is 7.38. The van der Waals surface area contributed by atoms with Gasteiger partial charge in [-0.05, 0) is 54.1 Å². The zero-order valence-electron chi connectivity index (χ0n) is 18.6. The van der Waals surface area contributed by atoms with E-state index in [0.717, 1.165) is 5.56 Å². The average Bonchev–Trinajstić information content (AvgIpc) is 3.32. The van der Waals surface area contributed by atoms with Gasteiger partial charge in [0.1, 0.15) is 23.4 Å². The number of furan rings is 1. The monoisotopic (exact) mass is 545 g/mol. The number of hydrogen-bond acceptors (Lipinski definition) is 3. The zero-order valence-corrected chi connectivity index (χ0v) is 20.9. The first-order chi connectivity index (χ1) is 17.2. The van der Waals surface area contributed by atoms with E-state index >= 15 is 0 Å². The first-order valence-corrected chi connectivity index (χ1v) is 11.9. The SMILES string of the molecule is O=C(O)C(Cc1ccccc1)N(Cc1ccc(-c2ccc(Cl)c(F)c2)o1)C(=O)c1ccc(Cl)cc1Cl.